The van der Waals surface area contributed by atoms with Crippen molar-refractivity contribution in [1.29, 1.82) is 0 Å². The van der Waals surface area contributed by atoms with E-state index in [0.29, 0.717) is 18.2 Å². The molecule has 3 heterocycles. The Balaban J connectivity index is 0.00000272. The Bertz CT molecular complexity index is 1070. The molecule has 1 aromatic carbocycles. The zero-order valence-electron chi connectivity index (χ0n) is 18.6. The van der Waals surface area contributed by atoms with Crippen molar-refractivity contribution in [2.24, 2.45) is 0 Å². The maximum Gasteiger partial charge on any atom is 0.165 e. The predicted molar refractivity (Wildman–Crippen MR) is 128 cm³/mol. The van der Waals surface area contributed by atoms with E-state index in [4.69, 9.17) is 31.2 Å². The van der Waals surface area contributed by atoms with Gasteiger partial charge in [0.15, 0.2) is 5.65 Å². The number of methoxy groups -OCH3 is 1. The van der Waals surface area contributed by atoms with Crippen molar-refractivity contribution in [2.75, 3.05) is 25.1 Å². The van der Waals surface area contributed by atoms with Crippen LogP contribution < -0.4 is 9.64 Å². The van der Waals surface area contributed by atoms with Crippen LogP contribution in [0.2, 0.25) is 5.02 Å². The summed E-state index contributed by atoms with van der Waals surface area (Å²) in [6.07, 6.45) is 3.36. The quantitative estimate of drug-likeness (QED) is 0.419. The van der Waals surface area contributed by atoms with E-state index in [1.807, 2.05) is 29.6 Å². The number of unbranched alkanes of at least 4 members (excludes halogenated alkanes) is 1. The van der Waals surface area contributed by atoms with Crippen LogP contribution in [-0.4, -0.2) is 34.8 Å². The lowest BCUT2D eigenvalue weighted by Gasteiger charge is -2.26. The van der Waals surface area contributed by atoms with Gasteiger partial charge in [-0.25, -0.2) is 4.98 Å². The van der Waals surface area contributed by atoms with Gasteiger partial charge in [-0.05, 0) is 38.0 Å². The van der Waals surface area contributed by atoms with Crippen molar-refractivity contribution in [3.05, 3.63) is 40.2 Å². The molecule has 0 amide bonds. The highest BCUT2D eigenvalue weighted by Crippen LogP contribution is 2.38. The van der Waals surface area contributed by atoms with Crippen LogP contribution in [0.1, 0.15) is 50.1 Å². The molecule has 4 rings (SSSR count). The van der Waals surface area contributed by atoms with Crippen LogP contribution in [-0.2, 0) is 18.0 Å². The van der Waals surface area contributed by atoms with Crippen LogP contribution in [0.3, 0.4) is 0 Å². The molecule has 168 valence electrons. The molecular formula is C23H30Cl2N4O2. The minimum atomic E-state index is 0. The summed E-state index contributed by atoms with van der Waals surface area (Å²) in [5, 5.41) is 5.56. The fourth-order valence-corrected chi connectivity index (χ4v) is 4.41. The molecule has 0 radical (unpaired) electrons. The van der Waals surface area contributed by atoms with E-state index < -0.39 is 0 Å². The first-order valence-corrected chi connectivity index (χ1v) is 11.0. The lowest BCUT2D eigenvalue weighted by Crippen LogP contribution is -2.29. The number of ether oxygens (including phenoxy) is 2. The summed E-state index contributed by atoms with van der Waals surface area (Å²) < 4.78 is 13.1. The molecule has 1 aliphatic heterocycles. The molecule has 3 aromatic rings. The normalized spacial score (nSPS) is 12.7. The number of aryl methyl sites for hydroxylation is 1. The van der Waals surface area contributed by atoms with Gasteiger partial charge in [0.1, 0.15) is 11.6 Å². The maximum atomic E-state index is 6.63. The molecule has 0 spiro atoms. The minimum absolute atomic E-state index is 0. The van der Waals surface area contributed by atoms with Crippen molar-refractivity contribution >= 4 is 35.5 Å². The molecule has 0 bridgehead atoms. The second-order valence-electron chi connectivity index (χ2n) is 7.74. The Morgan fingerprint density at radius 2 is 2.00 bits per heavy atom. The zero-order valence-corrected chi connectivity index (χ0v) is 20.1. The second-order valence-corrected chi connectivity index (χ2v) is 8.14. The van der Waals surface area contributed by atoms with Gasteiger partial charge in [0.25, 0.3) is 0 Å². The van der Waals surface area contributed by atoms with E-state index in [1.165, 1.54) is 0 Å². The first-order valence-electron chi connectivity index (χ1n) is 10.7. The summed E-state index contributed by atoms with van der Waals surface area (Å²) in [4.78, 5) is 7.42. The van der Waals surface area contributed by atoms with Gasteiger partial charge in [-0.15, -0.1) is 12.4 Å². The molecular weight excluding hydrogens is 435 g/mol. The van der Waals surface area contributed by atoms with Gasteiger partial charge in [0, 0.05) is 24.2 Å². The van der Waals surface area contributed by atoms with Crippen LogP contribution >= 0.6 is 24.0 Å². The lowest BCUT2D eigenvalue weighted by atomic mass is 10.1. The Labute approximate surface area is 194 Å². The highest BCUT2D eigenvalue weighted by atomic mass is 35.5. The summed E-state index contributed by atoms with van der Waals surface area (Å²) in [5.74, 6) is 1.84. The van der Waals surface area contributed by atoms with E-state index in [9.17, 15) is 0 Å². The van der Waals surface area contributed by atoms with Gasteiger partial charge >= 0.3 is 0 Å². The molecule has 0 atom stereocenters. The van der Waals surface area contributed by atoms with E-state index in [0.717, 1.165) is 77.6 Å². The third kappa shape index (κ3) is 4.34. The molecule has 1 aliphatic rings. The van der Waals surface area contributed by atoms with E-state index in [1.54, 1.807) is 7.11 Å². The molecule has 31 heavy (non-hydrogen) atoms. The molecule has 0 saturated heterocycles. The molecule has 0 fully saturated rings. The second kappa shape index (κ2) is 10.1. The number of benzene rings is 1. The van der Waals surface area contributed by atoms with Gasteiger partial charge in [-0.1, -0.05) is 31.9 Å². The van der Waals surface area contributed by atoms with Crippen LogP contribution in [0.4, 0.5) is 5.82 Å². The smallest absolute Gasteiger partial charge is 0.165 e. The number of rotatable bonds is 8. The van der Waals surface area contributed by atoms with Crippen molar-refractivity contribution in [2.45, 2.75) is 53.2 Å². The summed E-state index contributed by atoms with van der Waals surface area (Å²) in [6, 6.07) is 5.74. The SMILES string of the molecule is CCCCN(CCC)c1c2c(nc3c(-c4ccc(OC)cc4Cl)c(C)nn13)COC2.Cl. The highest BCUT2D eigenvalue weighted by molar-refractivity contribution is 6.33. The number of nitrogens with zero attached hydrogens (tertiary/aromatic N) is 4. The Morgan fingerprint density at radius 3 is 2.68 bits per heavy atom. The predicted octanol–water partition coefficient (Wildman–Crippen LogP) is 5.84. The van der Waals surface area contributed by atoms with Crippen molar-refractivity contribution < 1.29 is 9.47 Å². The number of hydrogen-bond acceptors (Lipinski definition) is 5. The molecule has 0 saturated carbocycles. The largest absolute Gasteiger partial charge is 0.497 e. The Morgan fingerprint density at radius 1 is 1.19 bits per heavy atom. The molecule has 0 unspecified atom stereocenters. The number of hydrogen-bond donors (Lipinski definition) is 0. The van der Waals surface area contributed by atoms with Gasteiger partial charge in [-0.3, -0.25) is 0 Å². The molecule has 0 aliphatic carbocycles. The molecule has 2 aromatic heterocycles. The maximum absolute atomic E-state index is 6.63. The van der Waals surface area contributed by atoms with Gasteiger partial charge < -0.3 is 14.4 Å². The first-order chi connectivity index (χ1) is 14.6. The van der Waals surface area contributed by atoms with Crippen LogP contribution in [0.15, 0.2) is 18.2 Å². The van der Waals surface area contributed by atoms with E-state index in [-0.39, 0.29) is 12.4 Å². The Hall–Kier alpha value is -2.02. The van der Waals surface area contributed by atoms with Crippen molar-refractivity contribution in [3.8, 4) is 16.9 Å². The summed E-state index contributed by atoms with van der Waals surface area (Å²) >= 11 is 6.63. The van der Waals surface area contributed by atoms with Gasteiger partial charge in [0.2, 0.25) is 0 Å². The monoisotopic (exact) mass is 464 g/mol. The van der Waals surface area contributed by atoms with Crippen LogP contribution in [0.25, 0.3) is 16.8 Å². The summed E-state index contributed by atoms with van der Waals surface area (Å²) in [6.45, 7) is 9.54. The number of anilines is 1. The molecule has 0 N–H and O–H groups in total. The third-order valence-corrected chi connectivity index (χ3v) is 5.91. The van der Waals surface area contributed by atoms with Gasteiger partial charge in [0.05, 0.1) is 42.3 Å². The van der Waals surface area contributed by atoms with Crippen LogP contribution in [0.5, 0.6) is 5.75 Å². The topological polar surface area (TPSA) is 51.9 Å². The van der Waals surface area contributed by atoms with Crippen molar-refractivity contribution in [3.63, 3.8) is 0 Å². The fraction of sp³-hybridized carbons (Fsp3) is 0.478. The number of aromatic nitrogens is 3. The number of halogens is 2. The van der Waals surface area contributed by atoms with Crippen molar-refractivity contribution in [1.82, 2.24) is 14.6 Å². The molecule has 8 heteroatoms. The average molecular weight is 465 g/mol. The first kappa shape index (κ1) is 23.6. The number of fused-ring (bicyclic) bond motifs is 2. The van der Waals surface area contributed by atoms with Gasteiger partial charge in [-0.2, -0.15) is 9.61 Å². The third-order valence-electron chi connectivity index (χ3n) is 5.60. The zero-order chi connectivity index (χ0) is 21.3. The van der Waals surface area contributed by atoms with Crippen LogP contribution in [0, 0.1) is 6.92 Å². The minimum Gasteiger partial charge on any atom is -0.497 e. The summed E-state index contributed by atoms with van der Waals surface area (Å²) in [5.41, 5.74) is 5.77. The highest BCUT2D eigenvalue weighted by Gasteiger charge is 2.27. The standard InChI is InChI=1S/C23H29ClN4O2.ClH/c1-5-7-11-27(10-6-2)23-18-13-30-14-20(18)25-22-21(15(3)26-28(22)23)17-9-8-16(29-4)12-19(17)24;/h8-9,12H,5-7,10-11,13-14H2,1-4H3;1H. The average Bonchev–Trinajstić information content (AvgIpc) is 3.33. The van der Waals surface area contributed by atoms with E-state index in [2.05, 4.69) is 18.7 Å². The Kier molecular flexibility index (Phi) is 7.68. The fourth-order valence-electron chi connectivity index (χ4n) is 4.14. The molecule has 6 nitrogen and oxygen atoms in total. The van der Waals surface area contributed by atoms with E-state index >= 15 is 0 Å². The lowest BCUT2D eigenvalue weighted by molar-refractivity contribution is 0.133. The summed E-state index contributed by atoms with van der Waals surface area (Å²) in [7, 11) is 1.64.